The molecule has 1 unspecified atom stereocenters. The average Bonchev–Trinajstić information content (AvgIpc) is 3.36. The number of benzene rings is 1. The van der Waals surface area contributed by atoms with Crippen molar-refractivity contribution in [1.29, 1.82) is 0 Å². The third-order valence-electron chi connectivity index (χ3n) is 6.02. The molecule has 2 aliphatic rings. The first-order valence-corrected chi connectivity index (χ1v) is 12.2. The monoisotopic (exact) mass is 532 g/mol. The second-order valence-electron chi connectivity index (χ2n) is 8.65. The summed E-state index contributed by atoms with van der Waals surface area (Å²) in [5.74, 6) is -1.60. The van der Waals surface area contributed by atoms with Gasteiger partial charge in [-0.25, -0.2) is 4.79 Å². The van der Waals surface area contributed by atoms with Crippen molar-refractivity contribution in [3.05, 3.63) is 72.6 Å². The number of ketones is 1. The number of aromatic nitrogens is 1. The highest BCUT2D eigenvalue weighted by Gasteiger charge is 2.74. The van der Waals surface area contributed by atoms with E-state index < -0.39 is 44.3 Å². The molecule has 1 aromatic heterocycles. The molecule has 7 nitrogen and oxygen atoms in total. The number of carbonyl (C=O) groups excluding carboxylic acids is 3. The fourth-order valence-electron chi connectivity index (χ4n) is 4.38. The number of carbonyl (C=O) groups is 3. The van der Waals surface area contributed by atoms with Crippen molar-refractivity contribution in [2.75, 3.05) is 6.61 Å². The number of alkyl halides is 1. The Kier molecular flexibility index (Phi) is 6.32. The number of β-lactam (4-membered cyclic amide) rings is 1. The van der Waals surface area contributed by atoms with Gasteiger partial charge >= 0.3 is 5.97 Å². The smallest absolute Gasteiger partial charge is 0.330 e. The van der Waals surface area contributed by atoms with Crippen LogP contribution in [-0.2, 0) is 20.9 Å². The zero-order valence-corrected chi connectivity index (χ0v) is 20.7. The Labute approximate surface area is 204 Å². The van der Waals surface area contributed by atoms with Crippen LogP contribution in [0.5, 0.6) is 0 Å². The van der Waals surface area contributed by atoms with Crippen LogP contribution in [0, 0.1) is 0 Å². The Morgan fingerprint density at radius 2 is 1.97 bits per heavy atom. The molecule has 0 aliphatic carbocycles. The second kappa shape index (κ2) is 8.77. The van der Waals surface area contributed by atoms with E-state index in [1.807, 2.05) is 44.2 Å². The lowest BCUT2D eigenvalue weighted by atomic mass is 9.85. The molecule has 2 saturated heterocycles. The summed E-state index contributed by atoms with van der Waals surface area (Å²) in [7, 11) is 0. The number of esters is 1. The summed E-state index contributed by atoms with van der Waals surface area (Å²) in [6, 6.07) is 12.2. The average molecular weight is 533 g/mol. The van der Waals surface area contributed by atoms with Gasteiger partial charge in [0.2, 0.25) is 11.7 Å². The van der Waals surface area contributed by atoms with Crippen LogP contribution in [0.25, 0.3) is 0 Å². The van der Waals surface area contributed by atoms with Gasteiger partial charge in [0.1, 0.15) is 24.1 Å². The molecule has 3 heterocycles. The van der Waals surface area contributed by atoms with Crippen LogP contribution in [0.15, 0.2) is 61.3 Å². The van der Waals surface area contributed by atoms with Gasteiger partial charge in [-0.1, -0.05) is 58.9 Å². The van der Waals surface area contributed by atoms with Crippen LogP contribution in [0.2, 0.25) is 0 Å². The molecule has 2 fully saturated rings. The van der Waals surface area contributed by atoms with Gasteiger partial charge in [0.05, 0.1) is 5.69 Å². The first kappa shape index (κ1) is 23.8. The summed E-state index contributed by atoms with van der Waals surface area (Å²) in [5, 5.41) is 10.5. The van der Waals surface area contributed by atoms with Crippen LogP contribution in [0.4, 0.5) is 0 Å². The third kappa shape index (κ3) is 3.86. The Bertz CT molecular complexity index is 1100. The van der Waals surface area contributed by atoms with E-state index in [9.17, 15) is 19.5 Å². The maximum atomic E-state index is 13.3. The number of Topliss-reactive ketones (excluding diaryl/α,β-unsaturated/α-hetero) is 1. The minimum absolute atomic E-state index is 0.0434. The molecule has 33 heavy (non-hydrogen) atoms. The number of nitrogens with zero attached hydrogens (tertiary/aromatic N) is 2. The summed E-state index contributed by atoms with van der Waals surface area (Å²) < 4.78 is 4.77. The van der Waals surface area contributed by atoms with Gasteiger partial charge in [-0.05, 0) is 31.5 Å². The first-order valence-electron chi connectivity index (χ1n) is 10.5. The van der Waals surface area contributed by atoms with Gasteiger partial charge in [-0.15, -0.1) is 11.8 Å². The molecule has 1 N–H and O–H groups in total. The summed E-state index contributed by atoms with van der Waals surface area (Å²) in [4.78, 5) is 40.6. The zero-order valence-electron chi connectivity index (χ0n) is 18.3. The summed E-state index contributed by atoms with van der Waals surface area (Å²) in [6.07, 6.45) is 1.60. The Hall–Kier alpha value is -2.36. The molecule has 1 aromatic carbocycles. The fraction of sp³-hybridized carbons (Fsp3) is 0.375. The van der Waals surface area contributed by atoms with Crippen LogP contribution in [0.1, 0.15) is 29.9 Å². The summed E-state index contributed by atoms with van der Waals surface area (Å²) in [6.45, 7) is 7.73. The van der Waals surface area contributed by atoms with E-state index in [1.165, 1.54) is 22.7 Å². The molecule has 9 heteroatoms. The summed E-state index contributed by atoms with van der Waals surface area (Å²) >= 11 is 4.76. The number of aliphatic hydroxyl groups is 1. The predicted octanol–water partition coefficient (Wildman–Crippen LogP) is 3.01. The highest BCUT2D eigenvalue weighted by molar-refractivity contribution is 9.10. The maximum Gasteiger partial charge on any atom is 0.330 e. The van der Waals surface area contributed by atoms with Crippen molar-refractivity contribution in [3.63, 3.8) is 0 Å². The van der Waals surface area contributed by atoms with E-state index in [-0.39, 0.29) is 6.61 Å². The number of thioether (sulfide) groups is 1. The normalized spacial score (nSPS) is 26.3. The van der Waals surface area contributed by atoms with E-state index in [2.05, 4.69) is 22.5 Å². The quantitative estimate of drug-likeness (QED) is 0.185. The lowest BCUT2D eigenvalue weighted by molar-refractivity contribution is -0.166. The van der Waals surface area contributed by atoms with Crippen molar-refractivity contribution < 1.29 is 24.2 Å². The minimum Gasteiger partial charge on any atom is -0.460 e. The van der Waals surface area contributed by atoms with E-state index in [1.54, 1.807) is 22.9 Å². The van der Waals surface area contributed by atoms with Crippen LogP contribution >= 0.6 is 27.7 Å². The number of rotatable bonds is 8. The largest absolute Gasteiger partial charge is 0.460 e. The number of fused-ring (bicyclic) bond motifs is 1. The topological polar surface area (TPSA) is 88.8 Å². The van der Waals surface area contributed by atoms with Crippen molar-refractivity contribution in [3.8, 4) is 0 Å². The van der Waals surface area contributed by atoms with E-state index >= 15 is 0 Å². The van der Waals surface area contributed by atoms with Gasteiger partial charge in [-0.3, -0.25) is 9.59 Å². The number of hydrogen-bond donors (Lipinski definition) is 1. The van der Waals surface area contributed by atoms with Gasteiger partial charge < -0.3 is 19.3 Å². The molecule has 1 amide bonds. The van der Waals surface area contributed by atoms with Gasteiger partial charge in [0.15, 0.2) is 4.32 Å². The Balaban J connectivity index is 1.56. The Morgan fingerprint density at radius 3 is 2.64 bits per heavy atom. The molecule has 2 aliphatic heterocycles. The van der Waals surface area contributed by atoms with Crippen molar-refractivity contribution in [2.45, 2.75) is 47.0 Å². The van der Waals surface area contributed by atoms with E-state index in [0.717, 1.165) is 5.56 Å². The molecular formula is C24H25BrN2O5S. The second-order valence-corrected chi connectivity index (χ2v) is 11.7. The first-order chi connectivity index (χ1) is 15.6. The number of halogens is 1. The number of hydrogen-bond acceptors (Lipinski definition) is 6. The van der Waals surface area contributed by atoms with Gasteiger partial charge in [0.25, 0.3) is 0 Å². The van der Waals surface area contributed by atoms with Crippen LogP contribution < -0.4 is 0 Å². The number of amides is 1. The lowest BCUT2D eigenvalue weighted by Gasteiger charge is -2.51. The Morgan fingerprint density at radius 1 is 1.27 bits per heavy atom. The van der Waals surface area contributed by atoms with Gasteiger partial charge in [-0.2, -0.15) is 0 Å². The van der Waals surface area contributed by atoms with Crippen LogP contribution in [-0.4, -0.2) is 65.4 Å². The SMILES string of the molecule is C=CCOC(=O)[C@@H]1N2C(=O)[C@@](Br)(C(O)C(=O)c3cccn3Cc3ccccc3)[C@H]2SC1(C)C. The van der Waals surface area contributed by atoms with Crippen LogP contribution in [0.3, 0.4) is 0 Å². The standard InChI is InChI=1S/C24H25BrN2O5S/c1-4-13-32-20(30)18-23(2,3)33-22-24(25,21(31)27(18)22)19(29)17(28)16-11-8-12-26(16)14-15-9-6-5-7-10-15/h4-12,18-19,22,29H,1,13-14H2,2-3H3/t18-,19?,22+,24-/m0/s1. The molecule has 0 spiro atoms. The predicted molar refractivity (Wildman–Crippen MR) is 129 cm³/mol. The molecule has 0 saturated carbocycles. The third-order valence-corrected chi connectivity index (χ3v) is 9.18. The maximum absolute atomic E-state index is 13.3. The van der Waals surface area contributed by atoms with Gasteiger partial charge in [0, 0.05) is 17.5 Å². The van der Waals surface area contributed by atoms with Crippen molar-refractivity contribution in [2.24, 2.45) is 0 Å². The highest BCUT2D eigenvalue weighted by atomic mass is 79.9. The lowest BCUT2D eigenvalue weighted by Crippen LogP contribution is -2.75. The number of ether oxygens (including phenoxy) is 1. The van der Waals surface area contributed by atoms with Crippen molar-refractivity contribution >= 4 is 45.4 Å². The molecule has 2 aromatic rings. The highest BCUT2D eigenvalue weighted by Crippen LogP contribution is 2.59. The molecular weight excluding hydrogens is 508 g/mol. The molecule has 4 rings (SSSR count). The minimum atomic E-state index is -1.62. The molecule has 174 valence electrons. The molecule has 0 radical (unpaired) electrons. The summed E-state index contributed by atoms with van der Waals surface area (Å²) in [5.41, 5.74) is 1.31. The van der Waals surface area contributed by atoms with E-state index in [4.69, 9.17) is 4.74 Å². The van der Waals surface area contributed by atoms with Crippen molar-refractivity contribution in [1.82, 2.24) is 9.47 Å². The zero-order chi connectivity index (χ0) is 24.0. The molecule has 4 atom stereocenters. The molecule has 0 bridgehead atoms. The van der Waals surface area contributed by atoms with E-state index in [0.29, 0.717) is 12.2 Å². The number of aliphatic hydroxyl groups excluding tert-OH is 1. The fourth-order valence-corrected chi connectivity index (χ4v) is 6.94.